The zero-order valence-corrected chi connectivity index (χ0v) is 8.62. The Kier molecular flexibility index (Phi) is 2.31. The van der Waals surface area contributed by atoms with Crippen LogP contribution in [0.15, 0.2) is 0 Å². The minimum Gasteiger partial charge on any atom is -0.337 e. The van der Waals surface area contributed by atoms with Crippen molar-refractivity contribution in [2.45, 2.75) is 58.0 Å². The molecule has 0 bridgehead atoms. The van der Waals surface area contributed by atoms with Crippen LogP contribution in [0.5, 0.6) is 0 Å². The molecule has 0 aromatic carbocycles. The van der Waals surface area contributed by atoms with Crippen molar-refractivity contribution in [3.05, 3.63) is 0 Å². The highest BCUT2D eigenvalue weighted by atomic mass is 16.2. The lowest BCUT2D eigenvalue weighted by Gasteiger charge is -2.28. The van der Waals surface area contributed by atoms with E-state index in [2.05, 4.69) is 18.7 Å². The Morgan fingerprint density at radius 2 is 1.92 bits per heavy atom. The lowest BCUT2D eigenvalue weighted by Crippen LogP contribution is -2.41. The Labute approximate surface area is 80.3 Å². The highest BCUT2D eigenvalue weighted by molar-refractivity contribution is 5.79. The number of rotatable bonds is 0. The van der Waals surface area contributed by atoms with E-state index in [0.717, 1.165) is 6.42 Å². The fraction of sp³-hybridized carbons (Fsp3) is 0.909. The Hall–Kier alpha value is -0.530. The van der Waals surface area contributed by atoms with Gasteiger partial charge in [-0.05, 0) is 32.6 Å². The first kappa shape index (κ1) is 9.04. The number of nitrogens with zero attached hydrogens (tertiary/aromatic N) is 1. The number of fused-ring (bicyclic) bond motifs is 1. The monoisotopic (exact) mass is 181 g/mol. The van der Waals surface area contributed by atoms with E-state index in [1.807, 2.05) is 0 Å². The second-order valence-corrected chi connectivity index (χ2v) is 4.66. The summed E-state index contributed by atoms with van der Waals surface area (Å²) in [4.78, 5) is 14.1. The van der Waals surface area contributed by atoms with Gasteiger partial charge in [-0.15, -0.1) is 0 Å². The normalized spacial score (nSPS) is 40.3. The average Bonchev–Trinajstić information content (AvgIpc) is 2.39. The molecule has 2 aliphatic heterocycles. The fourth-order valence-electron chi connectivity index (χ4n) is 2.79. The molecule has 2 heteroatoms. The quantitative estimate of drug-likeness (QED) is 0.561. The molecule has 2 heterocycles. The van der Waals surface area contributed by atoms with Gasteiger partial charge in [-0.2, -0.15) is 0 Å². The topological polar surface area (TPSA) is 20.3 Å². The molecule has 0 saturated carbocycles. The third-order valence-electron chi connectivity index (χ3n) is 3.64. The second-order valence-electron chi connectivity index (χ2n) is 4.66. The average molecular weight is 181 g/mol. The van der Waals surface area contributed by atoms with Crippen LogP contribution >= 0.6 is 0 Å². The van der Waals surface area contributed by atoms with E-state index in [1.165, 1.54) is 25.7 Å². The van der Waals surface area contributed by atoms with Crippen LogP contribution in [0.25, 0.3) is 0 Å². The third-order valence-corrected chi connectivity index (χ3v) is 3.64. The second kappa shape index (κ2) is 3.32. The smallest absolute Gasteiger partial charge is 0.225 e. The molecule has 2 nitrogen and oxygen atoms in total. The molecule has 3 atom stereocenters. The molecule has 1 amide bonds. The van der Waals surface area contributed by atoms with Crippen LogP contribution in [0.4, 0.5) is 0 Å². The van der Waals surface area contributed by atoms with Gasteiger partial charge >= 0.3 is 0 Å². The molecule has 0 spiro atoms. The van der Waals surface area contributed by atoms with Crippen LogP contribution in [0.2, 0.25) is 0 Å². The molecule has 2 fully saturated rings. The summed E-state index contributed by atoms with van der Waals surface area (Å²) in [5.41, 5.74) is 0. The molecule has 0 radical (unpaired) electrons. The molecule has 74 valence electrons. The summed E-state index contributed by atoms with van der Waals surface area (Å²) in [7, 11) is 0. The summed E-state index contributed by atoms with van der Waals surface area (Å²) in [5, 5.41) is 0. The van der Waals surface area contributed by atoms with Crippen LogP contribution in [-0.4, -0.2) is 22.9 Å². The van der Waals surface area contributed by atoms with Gasteiger partial charge in [0.15, 0.2) is 0 Å². The van der Waals surface area contributed by atoms with Crippen molar-refractivity contribution < 1.29 is 4.79 Å². The first-order valence-corrected chi connectivity index (χ1v) is 5.52. The number of hydrogen-bond acceptors (Lipinski definition) is 1. The van der Waals surface area contributed by atoms with E-state index >= 15 is 0 Å². The van der Waals surface area contributed by atoms with Gasteiger partial charge in [0.25, 0.3) is 0 Å². The molecule has 2 rings (SSSR count). The number of hydrogen-bond donors (Lipinski definition) is 0. The van der Waals surface area contributed by atoms with E-state index in [4.69, 9.17) is 0 Å². The summed E-state index contributed by atoms with van der Waals surface area (Å²) >= 11 is 0. The minimum absolute atomic E-state index is 0.269. The van der Waals surface area contributed by atoms with Crippen LogP contribution in [0.1, 0.15) is 46.0 Å². The zero-order valence-electron chi connectivity index (χ0n) is 8.62. The maximum atomic E-state index is 12.0. The predicted molar refractivity (Wildman–Crippen MR) is 52.3 cm³/mol. The first-order chi connectivity index (χ1) is 6.20. The summed E-state index contributed by atoms with van der Waals surface area (Å²) in [6.45, 7) is 4.27. The number of amides is 1. The van der Waals surface area contributed by atoms with Gasteiger partial charge < -0.3 is 4.90 Å². The molecule has 0 aliphatic carbocycles. The lowest BCUT2D eigenvalue weighted by atomic mass is 10.0. The predicted octanol–water partition coefficient (Wildman–Crippen LogP) is 2.19. The molecular formula is C11H19NO. The Balaban J connectivity index is 2.18. The Bertz CT molecular complexity index is 214. The summed E-state index contributed by atoms with van der Waals surface area (Å²) in [6, 6.07) is 1.07. The highest BCUT2D eigenvalue weighted by Crippen LogP contribution is 2.32. The van der Waals surface area contributed by atoms with Gasteiger partial charge in [0.1, 0.15) is 0 Å². The van der Waals surface area contributed by atoms with Crippen molar-refractivity contribution in [1.82, 2.24) is 4.90 Å². The fourth-order valence-corrected chi connectivity index (χ4v) is 2.79. The van der Waals surface area contributed by atoms with Crippen molar-refractivity contribution in [3.8, 4) is 0 Å². The molecule has 2 saturated heterocycles. The summed E-state index contributed by atoms with van der Waals surface area (Å²) in [6.07, 6.45) is 6.02. The molecule has 0 aromatic rings. The number of carbonyl (C=O) groups is 1. The lowest BCUT2D eigenvalue weighted by molar-refractivity contribution is -0.136. The Morgan fingerprint density at radius 1 is 1.15 bits per heavy atom. The van der Waals surface area contributed by atoms with Crippen molar-refractivity contribution in [2.75, 3.05) is 0 Å². The van der Waals surface area contributed by atoms with Crippen LogP contribution in [0, 0.1) is 5.92 Å². The summed E-state index contributed by atoms with van der Waals surface area (Å²) < 4.78 is 0. The molecule has 0 aromatic heterocycles. The largest absolute Gasteiger partial charge is 0.337 e. The Morgan fingerprint density at radius 3 is 2.69 bits per heavy atom. The maximum Gasteiger partial charge on any atom is 0.225 e. The van der Waals surface area contributed by atoms with E-state index < -0.39 is 0 Å². The van der Waals surface area contributed by atoms with Crippen LogP contribution in [0.3, 0.4) is 0 Å². The summed E-state index contributed by atoms with van der Waals surface area (Å²) in [5.74, 6) is 0.679. The molecular weight excluding hydrogens is 162 g/mol. The molecule has 0 N–H and O–H groups in total. The molecule has 1 unspecified atom stereocenters. The van der Waals surface area contributed by atoms with Gasteiger partial charge in [0.05, 0.1) is 0 Å². The SMILES string of the molecule is C[C@@H]1CCC2CCC[C@H](C)C(=O)N21. The zero-order chi connectivity index (χ0) is 9.42. The standard InChI is InChI=1S/C11H19NO/c1-8-4-3-5-10-7-6-9(2)12(10)11(8)13/h8-10H,3-7H2,1-2H3/t8-,9+,10?/m0/s1. The van der Waals surface area contributed by atoms with Crippen molar-refractivity contribution >= 4 is 5.91 Å². The van der Waals surface area contributed by atoms with Crippen molar-refractivity contribution in [2.24, 2.45) is 5.92 Å². The van der Waals surface area contributed by atoms with E-state index in [-0.39, 0.29) is 5.92 Å². The van der Waals surface area contributed by atoms with Gasteiger partial charge in [-0.1, -0.05) is 13.3 Å². The van der Waals surface area contributed by atoms with Crippen molar-refractivity contribution in [1.29, 1.82) is 0 Å². The maximum absolute atomic E-state index is 12.0. The van der Waals surface area contributed by atoms with Gasteiger partial charge in [0.2, 0.25) is 5.91 Å². The van der Waals surface area contributed by atoms with E-state index in [1.54, 1.807) is 0 Å². The molecule has 2 aliphatic rings. The van der Waals surface area contributed by atoms with Crippen molar-refractivity contribution in [3.63, 3.8) is 0 Å². The minimum atomic E-state index is 0.269. The first-order valence-electron chi connectivity index (χ1n) is 5.52. The van der Waals surface area contributed by atoms with E-state index in [0.29, 0.717) is 18.0 Å². The van der Waals surface area contributed by atoms with Gasteiger partial charge in [0, 0.05) is 18.0 Å². The van der Waals surface area contributed by atoms with E-state index in [9.17, 15) is 4.79 Å². The van der Waals surface area contributed by atoms with Crippen LogP contribution < -0.4 is 0 Å². The third kappa shape index (κ3) is 1.47. The van der Waals surface area contributed by atoms with Gasteiger partial charge in [-0.25, -0.2) is 0 Å². The number of carbonyl (C=O) groups excluding carboxylic acids is 1. The van der Waals surface area contributed by atoms with Crippen LogP contribution in [-0.2, 0) is 4.79 Å². The van der Waals surface area contributed by atoms with Gasteiger partial charge in [-0.3, -0.25) is 4.79 Å². The highest BCUT2D eigenvalue weighted by Gasteiger charge is 2.37. The molecule has 13 heavy (non-hydrogen) atoms.